The van der Waals surface area contributed by atoms with Gasteiger partial charge in [-0.3, -0.25) is 4.98 Å². The third kappa shape index (κ3) is 4.56. The fourth-order valence-corrected chi connectivity index (χ4v) is 3.71. The SMILES string of the molecule is CCCOc1ccc(F)cc1-c1ccc(N=Nc2cc(SO)c3ccccc3c2N)cn1. The molecule has 0 saturated heterocycles. The number of hydrogen-bond acceptors (Lipinski definition) is 7. The van der Waals surface area contributed by atoms with E-state index >= 15 is 0 Å². The van der Waals surface area contributed by atoms with Gasteiger partial charge in [0.25, 0.3) is 0 Å². The van der Waals surface area contributed by atoms with Gasteiger partial charge in [-0.15, -0.1) is 10.2 Å². The molecule has 0 radical (unpaired) electrons. The van der Waals surface area contributed by atoms with Crippen molar-refractivity contribution in [3.05, 3.63) is 72.7 Å². The second-order valence-electron chi connectivity index (χ2n) is 7.03. The first kappa shape index (κ1) is 21.7. The second kappa shape index (κ2) is 9.76. The quantitative estimate of drug-likeness (QED) is 0.175. The summed E-state index contributed by atoms with van der Waals surface area (Å²) in [6.45, 7) is 2.54. The van der Waals surface area contributed by atoms with Gasteiger partial charge in [0.05, 0.1) is 24.2 Å². The first-order chi connectivity index (χ1) is 15.6. The van der Waals surface area contributed by atoms with Crippen LogP contribution in [0.25, 0.3) is 22.0 Å². The molecule has 0 atom stereocenters. The van der Waals surface area contributed by atoms with E-state index in [9.17, 15) is 8.94 Å². The van der Waals surface area contributed by atoms with E-state index in [4.69, 9.17) is 10.5 Å². The van der Waals surface area contributed by atoms with Crippen LogP contribution in [0.3, 0.4) is 0 Å². The minimum atomic E-state index is -0.362. The van der Waals surface area contributed by atoms with Crippen LogP contribution in [-0.4, -0.2) is 16.1 Å². The number of rotatable bonds is 7. The van der Waals surface area contributed by atoms with Crippen molar-refractivity contribution in [3.8, 4) is 17.0 Å². The summed E-state index contributed by atoms with van der Waals surface area (Å²) in [7, 11) is 0. The van der Waals surface area contributed by atoms with Gasteiger partial charge in [0.2, 0.25) is 0 Å². The summed E-state index contributed by atoms with van der Waals surface area (Å²) in [5, 5.41) is 10.1. The molecule has 0 spiro atoms. The Morgan fingerprint density at radius 3 is 2.59 bits per heavy atom. The molecule has 0 aliphatic rings. The summed E-state index contributed by atoms with van der Waals surface area (Å²) in [5.74, 6) is 0.215. The molecule has 6 nitrogen and oxygen atoms in total. The Morgan fingerprint density at radius 1 is 1.06 bits per heavy atom. The van der Waals surface area contributed by atoms with Gasteiger partial charge in [0.15, 0.2) is 0 Å². The first-order valence-electron chi connectivity index (χ1n) is 10.0. The second-order valence-corrected chi connectivity index (χ2v) is 7.66. The summed E-state index contributed by atoms with van der Waals surface area (Å²) in [5.41, 5.74) is 8.84. The standard InChI is InChI=1S/C24H21FN4O2S/c1-2-11-31-22-10-7-15(25)12-19(22)20-9-8-16(14-27-20)28-29-21-13-23(32-30)17-5-3-4-6-18(17)24(21)26/h3-10,12-14,30H,2,11,26H2,1H3. The van der Waals surface area contributed by atoms with E-state index in [2.05, 4.69) is 15.2 Å². The fraction of sp³-hybridized carbons (Fsp3) is 0.125. The number of halogens is 1. The van der Waals surface area contributed by atoms with Gasteiger partial charge in [-0.2, -0.15) is 0 Å². The lowest BCUT2D eigenvalue weighted by Gasteiger charge is -2.11. The number of anilines is 1. The minimum absolute atomic E-state index is 0.362. The number of pyridine rings is 1. The molecular weight excluding hydrogens is 427 g/mol. The van der Waals surface area contributed by atoms with Gasteiger partial charge in [-0.25, -0.2) is 4.39 Å². The smallest absolute Gasteiger partial charge is 0.128 e. The third-order valence-electron chi connectivity index (χ3n) is 4.83. The molecule has 1 aromatic heterocycles. The molecule has 1 heterocycles. The van der Waals surface area contributed by atoms with Crippen LogP contribution in [0.15, 0.2) is 82.0 Å². The van der Waals surface area contributed by atoms with E-state index in [1.807, 2.05) is 31.2 Å². The number of nitrogens with two attached hydrogens (primary N) is 1. The Morgan fingerprint density at radius 2 is 1.88 bits per heavy atom. The van der Waals surface area contributed by atoms with Crippen LogP contribution in [0.2, 0.25) is 0 Å². The summed E-state index contributed by atoms with van der Waals surface area (Å²) in [6.07, 6.45) is 2.39. The van der Waals surface area contributed by atoms with Gasteiger partial charge in [-0.1, -0.05) is 31.2 Å². The molecule has 4 aromatic rings. The summed E-state index contributed by atoms with van der Waals surface area (Å²) < 4.78 is 29.1. The van der Waals surface area contributed by atoms with Crippen LogP contribution in [0.4, 0.5) is 21.5 Å². The molecule has 8 heteroatoms. The number of nitrogen functional groups attached to an aromatic ring is 1. The molecule has 3 N–H and O–H groups in total. The highest BCUT2D eigenvalue weighted by atomic mass is 32.2. The molecular formula is C24H21FN4O2S. The maximum atomic E-state index is 13.8. The molecule has 0 aliphatic heterocycles. The molecule has 0 amide bonds. The molecule has 0 unspecified atom stereocenters. The van der Waals surface area contributed by atoms with E-state index < -0.39 is 0 Å². The van der Waals surface area contributed by atoms with E-state index in [0.717, 1.165) is 17.2 Å². The van der Waals surface area contributed by atoms with E-state index in [0.29, 0.717) is 57.6 Å². The van der Waals surface area contributed by atoms with Crippen LogP contribution in [0.1, 0.15) is 13.3 Å². The number of nitrogens with zero attached hydrogens (tertiary/aromatic N) is 3. The van der Waals surface area contributed by atoms with Crippen LogP contribution in [0, 0.1) is 5.82 Å². The number of fused-ring (bicyclic) bond motifs is 1. The zero-order valence-electron chi connectivity index (χ0n) is 17.3. The summed E-state index contributed by atoms with van der Waals surface area (Å²) in [6, 6.07) is 17.1. The average molecular weight is 449 g/mol. The van der Waals surface area contributed by atoms with Crippen molar-refractivity contribution >= 4 is 39.9 Å². The normalized spacial score (nSPS) is 11.3. The minimum Gasteiger partial charge on any atom is -0.493 e. The van der Waals surface area contributed by atoms with Crippen molar-refractivity contribution in [2.75, 3.05) is 12.3 Å². The van der Waals surface area contributed by atoms with Gasteiger partial charge in [0.1, 0.15) is 22.9 Å². The predicted molar refractivity (Wildman–Crippen MR) is 126 cm³/mol. The van der Waals surface area contributed by atoms with Crippen LogP contribution < -0.4 is 10.5 Å². The number of hydrogen-bond donors (Lipinski definition) is 2. The van der Waals surface area contributed by atoms with E-state index in [1.54, 1.807) is 30.5 Å². The van der Waals surface area contributed by atoms with Crippen molar-refractivity contribution < 1.29 is 13.7 Å². The molecule has 162 valence electrons. The van der Waals surface area contributed by atoms with Crippen molar-refractivity contribution in [2.45, 2.75) is 18.2 Å². The largest absolute Gasteiger partial charge is 0.493 e. The predicted octanol–water partition coefficient (Wildman–Crippen LogP) is 7.39. The maximum absolute atomic E-state index is 13.8. The fourth-order valence-electron chi connectivity index (χ4n) is 3.27. The highest BCUT2D eigenvalue weighted by Gasteiger charge is 2.11. The van der Waals surface area contributed by atoms with Gasteiger partial charge in [-0.05, 0) is 48.2 Å². The van der Waals surface area contributed by atoms with Crippen molar-refractivity contribution in [1.82, 2.24) is 4.98 Å². The van der Waals surface area contributed by atoms with Gasteiger partial charge < -0.3 is 15.0 Å². The number of azo groups is 1. The zero-order chi connectivity index (χ0) is 22.5. The first-order valence-corrected chi connectivity index (χ1v) is 10.8. The monoisotopic (exact) mass is 448 g/mol. The topological polar surface area (TPSA) is 93.1 Å². The lowest BCUT2D eigenvalue weighted by molar-refractivity contribution is 0.318. The lowest BCUT2D eigenvalue weighted by Crippen LogP contribution is -1.98. The highest BCUT2D eigenvalue weighted by molar-refractivity contribution is 7.94. The lowest BCUT2D eigenvalue weighted by atomic mass is 10.1. The maximum Gasteiger partial charge on any atom is 0.128 e. The summed E-state index contributed by atoms with van der Waals surface area (Å²) >= 11 is 0.638. The van der Waals surface area contributed by atoms with Crippen LogP contribution >= 0.6 is 12.0 Å². The molecule has 4 rings (SSSR count). The zero-order valence-corrected chi connectivity index (χ0v) is 18.1. The molecule has 0 saturated carbocycles. The van der Waals surface area contributed by atoms with Crippen molar-refractivity contribution in [3.63, 3.8) is 0 Å². The Kier molecular flexibility index (Phi) is 6.63. The van der Waals surface area contributed by atoms with Gasteiger partial charge in [0, 0.05) is 27.9 Å². The number of aromatic nitrogens is 1. The van der Waals surface area contributed by atoms with Crippen molar-refractivity contribution in [1.29, 1.82) is 0 Å². The molecule has 3 aromatic carbocycles. The van der Waals surface area contributed by atoms with E-state index in [-0.39, 0.29) is 5.82 Å². The highest BCUT2D eigenvalue weighted by Crippen LogP contribution is 2.38. The average Bonchev–Trinajstić information content (AvgIpc) is 2.83. The molecule has 0 fully saturated rings. The summed E-state index contributed by atoms with van der Waals surface area (Å²) in [4.78, 5) is 5.04. The number of ether oxygens (including phenoxy) is 1. The van der Waals surface area contributed by atoms with Crippen molar-refractivity contribution in [2.24, 2.45) is 10.2 Å². The Balaban J connectivity index is 1.63. The molecule has 0 aliphatic carbocycles. The Bertz CT molecular complexity index is 1280. The van der Waals surface area contributed by atoms with Crippen LogP contribution in [0.5, 0.6) is 5.75 Å². The third-order valence-corrected chi connectivity index (χ3v) is 5.36. The van der Waals surface area contributed by atoms with Gasteiger partial charge >= 0.3 is 0 Å². The number of benzene rings is 3. The Labute approximate surface area is 189 Å². The van der Waals surface area contributed by atoms with E-state index in [1.165, 1.54) is 12.1 Å². The Hall–Kier alpha value is -3.49. The molecule has 32 heavy (non-hydrogen) atoms. The molecule has 0 bridgehead atoms. The van der Waals surface area contributed by atoms with Crippen LogP contribution in [-0.2, 0) is 0 Å².